The van der Waals surface area contributed by atoms with Crippen molar-refractivity contribution in [3.8, 4) is 11.4 Å². The molecular weight excluding hydrogens is 378 g/mol. The number of benzene rings is 1. The van der Waals surface area contributed by atoms with Crippen LogP contribution in [0.4, 0.5) is 11.5 Å². The number of nitrogen functional groups attached to an aromatic ring is 1. The highest BCUT2D eigenvalue weighted by Gasteiger charge is 2.19. The Hall–Kier alpha value is -3.81. The van der Waals surface area contributed by atoms with Crippen LogP contribution < -0.4 is 10.6 Å². The molecule has 2 N–H and O–H groups in total. The molecular formula is C22H23N7O. The van der Waals surface area contributed by atoms with E-state index in [1.807, 2.05) is 45.0 Å². The first-order valence-electron chi connectivity index (χ1n) is 9.55. The molecule has 0 saturated heterocycles. The number of carbonyl (C=O) groups excluding carboxylic acids is 1. The molecule has 3 heterocycles. The van der Waals surface area contributed by atoms with Gasteiger partial charge in [0.25, 0.3) is 5.91 Å². The standard InChI is InChI=1S/C22H23N7O/c1-12-11-15(6-7-16(12)28(4)22(30)17-8-9-24-29(17)5)21-26-18-13(2)10-14(3)25-19(18)20(23)27-21/h6-11H,1-5H3,(H2,23,26,27). The van der Waals surface area contributed by atoms with Gasteiger partial charge in [0.05, 0.1) is 5.52 Å². The molecule has 0 saturated carbocycles. The van der Waals surface area contributed by atoms with E-state index in [0.29, 0.717) is 22.9 Å². The summed E-state index contributed by atoms with van der Waals surface area (Å²) in [5, 5.41) is 4.07. The second-order valence-electron chi connectivity index (χ2n) is 7.42. The zero-order valence-electron chi connectivity index (χ0n) is 17.6. The first-order chi connectivity index (χ1) is 14.3. The second-order valence-corrected chi connectivity index (χ2v) is 7.42. The number of carbonyl (C=O) groups is 1. The smallest absolute Gasteiger partial charge is 0.276 e. The van der Waals surface area contributed by atoms with Gasteiger partial charge in [-0.2, -0.15) is 5.10 Å². The van der Waals surface area contributed by atoms with Crippen LogP contribution in [-0.2, 0) is 7.05 Å². The summed E-state index contributed by atoms with van der Waals surface area (Å²) in [5.41, 5.74) is 12.5. The molecule has 0 unspecified atom stereocenters. The lowest BCUT2D eigenvalue weighted by Crippen LogP contribution is -2.28. The first kappa shape index (κ1) is 19.5. The summed E-state index contributed by atoms with van der Waals surface area (Å²) in [7, 11) is 3.50. The number of hydrogen-bond acceptors (Lipinski definition) is 6. The molecule has 0 fully saturated rings. The van der Waals surface area contributed by atoms with Gasteiger partial charge in [0.15, 0.2) is 11.6 Å². The zero-order valence-corrected chi connectivity index (χ0v) is 17.6. The fraction of sp³-hybridized carbons (Fsp3) is 0.227. The minimum atomic E-state index is -0.130. The van der Waals surface area contributed by atoms with Crippen LogP contribution in [0.2, 0.25) is 0 Å². The SMILES string of the molecule is Cc1cc(C)c2nc(-c3ccc(N(C)C(=O)c4ccnn4C)c(C)c3)nc(N)c2n1. The summed E-state index contributed by atoms with van der Waals surface area (Å²) in [6, 6.07) is 9.42. The minimum absolute atomic E-state index is 0.130. The van der Waals surface area contributed by atoms with E-state index in [9.17, 15) is 4.79 Å². The van der Waals surface area contributed by atoms with Gasteiger partial charge in [-0.05, 0) is 62.2 Å². The van der Waals surface area contributed by atoms with Crippen LogP contribution in [-0.4, -0.2) is 37.7 Å². The maximum atomic E-state index is 12.8. The number of nitrogens with two attached hydrogens (primary N) is 1. The van der Waals surface area contributed by atoms with E-state index in [1.165, 1.54) is 0 Å². The van der Waals surface area contributed by atoms with Crippen LogP contribution in [0, 0.1) is 20.8 Å². The summed E-state index contributed by atoms with van der Waals surface area (Å²) >= 11 is 0. The van der Waals surface area contributed by atoms with E-state index in [1.54, 1.807) is 35.9 Å². The Balaban J connectivity index is 1.73. The van der Waals surface area contributed by atoms with Gasteiger partial charge in [0.2, 0.25) is 0 Å². The molecule has 0 radical (unpaired) electrons. The lowest BCUT2D eigenvalue weighted by molar-refractivity contribution is 0.0984. The molecule has 4 aromatic rings. The van der Waals surface area contributed by atoms with Crippen molar-refractivity contribution in [2.45, 2.75) is 20.8 Å². The van der Waals surface area contributed by atoms with Crippen LogP contribution in [0.1, 0.15) is 27.3 Å². The highest BCUT2D eigenvalue weighted by Crippen LogP contribution is 2.28. The Kier molecular flexibility index (Phi) is 4.69. The molecule has 0 spiro atoms. The molecule has 0 atom stereocenters. The number of aryl methyl sites for hydroxylation is 4. The Bertz CT molecular complexity index is 1290. The van der Waals surface area contributed by atoms with Crippen LogP contribution in [0.15, 0.2) is 36.5 Å². The lowest BCUT2D eigenvalue weighted by Gasteiger charge is -2.20. The van der Waals surface area contributed by atoms with Crippen molar-refractivity contribution in [3.63, 3.8) is 0 Å². The zero-order chi connectivity index (χ0) is 21.6. The molecule has 0 aliphatic heterocycles. The van der Waals surface area contributed by atoms with Crippen LogP contribution in [0.25, 0.3) is 22.4 Å². The third-order valence-electron chi connectivity index (χ3n) is 5.16. The van der Waals surface area contributed by atoms with Crippen molar-refractivity contribution in [3.05, 3.63) is 59.0 Å². The largest absolute Gasteiger partial charge is 0.382 e. The number of anilines is 2. The predicted molar refractivity (Wildman–Crippen MR) is 117 cm³/mol. The number of hydrogen-bond donors (Lipinski definition) is 1. The van der Waals surface area contributed by atoms with E-state index < -0.39 is 0 Å². The van der Waals surface area contributed by atoms with Crippen molar-refractivity contribution in [1.82, 2.24) is 24.7 Å². The van der Waals surface area contributed by atoms with Gasteiger partial charge in [-0.25, -0.2) is 15.0 Å². The summed E-state index contributed by atoms with van der Waals surface area (Å²) in [5.74, 6) is 0.755. The molecule has 0 aliphatic rings. The predicted octanol–water partition coefficient (Wildman–Crippen LogP) is 3.21. The van der Waals surface area contributed by atoms with Crippen LogP contribution in [0.3, 0.4) is 0 Å². The Morgan fingerprint density at radius 1 is 1.00 bits per heavy atom. The highest BCUT2D eigenvalue weighted by molar-refractivity contribution is 6.05. The molecule has 3 aromatic heterocycles. The van der Waals surface area contributed by atoms with Gasteiger partial charge >= 0.3 is 0 Å². The average Bonchev–Trinajstić information content (AvgIpc) is 3.13. The van der Waals surface area contributed by atoms with E-state index >= 15 is 0 Å². The van der Waals surface area contributed by atoms with Crippen molar-refractivity contribution >= 4 is 28.4 Å². The molecule has 1 aromatic carbocycles. The van der Waals surface area contributed by atoms with Crippen LogP contribution in [0.5, 0.6) is 0 Å². The molecule has 0 aliphatic carbocycles. The third-order valence-corrected chi connectivity index (χ3v) is 5.16. The van der Waals surface area contributed by atoms with Crippen LogP contribution >= 0.6 is 0 Å². The summed E-state index contributed by atoms with van der Waals surface area (Å²) in [6.07, 6.45) is 1.61. The molecule has 152 valence electrons. The van der Waals surface area contributed by atoms with Crippen molar-refractivity contribution in [1.29, 1.82) is 0 Å². The van der Waals surface area contributed by atoms with Crippen molar-refractivity contribution in [2.75, 3.05) is 17.7 Å². The van der Waals surface area contributed by atoms with Gasteiger partial charge in [0.1, 0.15) is 11.2 Å². The Labute approximate surface area is 174 Å². The summed E-state index contributed by atoms with van der Waals surface area (Å²) < 4.78 is 1.56. The molecule has 30 heavy (non-hydrogen) atoms. The normalized spacial score (nSPS) is 11.1. The quantitative estimate of drug-likeness (QED) is 0.565. The minimum Gasteiger partial charge on any atom is -0.382 e. The molecule has 4 rings (SSSR count). The van der Waals surface area contributed by atoms with Gasteiger partial charge in [-0.1, -0.05) is 0 Å². The number of aromatic nitrogens is 5. The first-order valence-corrected chi connectivity index (χ1v) is 9.55. The van der Waals surface area contributed by atoms with Gasteiger partial charge in [0, 0.05) is 37.2 Å². The summed E-state index contributed by atoms with van der Waals surface area (Å²) in [4.78, 5) is 28.1. The maximum absolute atomic E-state index is 12.8. The monoisotopic (exact) mass is 401 g/mol. The molecule has 8 nitrogen and oxygen atoms in total. The highest BCUT2D eigenvalue weighted by atomic mass is 16.2. The van der Waals surface area contributed by atoms with E-state index in [2.05, 4.69) is 15.1 Å². The number of fused-ring (bicyclic) bond motifs is 1. The van der Waals surface area contributed by atoms with Gasteiger partial charge in [-0.15, -0.1) is 0 Å². The molecule has 1 amide bonds. The van der Waals surface area contributed by atoms with E-state index in [4.69, 9.17) is 10.7 Å². The van der Waals surface area contributed by atoms with E-state index in [0.717, 1.165) is 33.6 Å². The van der Waals surface area contributed by atoms with Gasteiger partial charge < -0.3 is 10.6 Å². The summed E-state index contributed by atoms with van der Waals surface area (Å²) in [6.45, 7) is 5.86. The Morgan fingerprint density at radius 3 is 2.43 bits per heavy atom. The fourth-order valence-electron chi connectivity index (χ4n) is 3.61. The molecule has 8 heteroatoms. The third kappa shape index (κ3) is 3.26. The molecule has 0 bridgehead atoms. The fourth-order valence-corrected chi connectivity index (χ4v) is 3.61. The average molecular weight is 401 g/mol. The van der Waals surface area contributed by atoms with Crippen molar-refractivity contribution in [2.24, 2.45) is 7.05 Å². The number of rotatable bonds is 3. The lowest BCUT2D eigenvalue weighted by atomic mass is 10.1. The topological polar surface area (TPSA) is 103 Å². The van der Waals surface area contributed by atoms with E-state index in [-0.39, 0.29) is 5.91 Å². The van der Waals surface area contributed by atoms with Crippen molar-refractivity contribution < 1.29 is 4.79 Å². The maximum Gasteiger partial charge on any atom is 0.276 e. The Morgan fingerprint density at radius 2 is 1.77 bits per heavy atom. The number of amides is 1. The van der Waals surface area contributed by atoms with Gasteiger partial charge in [-0.3, -0.25) is 9.48 Å². The number of pyridine rings is 1. The number of nitrogens with zero attached hydrogens (tertiary/aromatic N) is 6. The second kappa shape index (κ2) is 7.22.